The molecule has 1 N–H and O–H groups in total. The van der Waals surface area contributed by atoms with E-state index < -0.39 is 0 Å². The van der Waals surface area contributed by atoms with Crippen LogP contribution in [-0.2, 0) is 0 Å². The van der Waals surface area contributed by atoms with Crippen LogP contribution in [0.4, 0.5) is 0 Å². The molecular weight excluding hydrogens is 222 g/mol. The summed E-state index contributed by atoms with van der Waals surface area (Å²) < 4.78 is 0. The van der Waals surface area contributed by atoms with Crippen molar-refractivity contribution in [2.45, 2.75) is 57.5 Å². The fourth-order valence-corrected chi connectivity index (χ4v) is 3.61. The Kier molecular flexibility index (Phi) is 5.05. The normalized spacial score (nSPS) is 32.0. The van der Waals surface area contributed by atoms with E-state index in [4.69, 9.17) is 0 Å². The highest BCUT2D eigenvalue weighted by Gasteiger charge is 2.30. The SMILES string of the molecule is CCN1CCC(N(C)CC2(C)CCCCN2)CC1. The predicted octanol–water partition coefficient (Wildman–Crippen LogP) is 1.93. The molecular formula is C15H31N3. The van der Waals surface area contributed by atoms with E-state index in [0.29, 0.717) is 5.54 Å². The van der Waals surface area contributed by atoms with Crippen LogP contribution in [0.5, 0.6) is 0 Å². The monoisotopic (exact) mass is 253 g/mol. The molecule has 2 aliphatic heterocycles. The summed E-state index contributed by atoms with van der Waals surface area (Å²) >= 11 is 0. The summed E-state index contributed by atoms with van der Waals surface area (Å²) in [6, 6.07) is 0.799. The second-order valence-electron chi connectivity index (χ2n) is 6.53. The van der Waals surface area contributed by atoms with E-state index in [1.54, 1.807) is 0 Å². The molecule has 2 aliphatic rings. The number of likely N-dealkylation sites (tertiary alicyclic amines) is 1. The number of piperidine rings is 2. The topological polar surface area (TPSA) is 18.5 Å². The first-order valence-corrected chi connectivity index (χ1v) is 7.80. The number of hydrogen-bond donors (Lipinski definition) is 1. The van der Waals surface area contributed by atoms with Gasteiger partial charge in [-0.3, -0.25) is 0 Å². The van der Waals surface area contributed by atoms with Crippen LogP contribution in [-0.4, -0.2) is 61.2 Å². The zero-order valence-corrected chi connectivity index (χ0v) is 12.5. The third kappa shape index (κ3) is 3.69. The molecule has 1 unspecified atom stereocenters. The predicted molar refractivity (Wildman–Crippen MR) is 78.0 cm³/mol. The van der Waals surface area contributed by atoms with Crippen molar-refractivity contribution >= 4 is 0 Å². The second kappa shape index (κ2) is 6.36. The first-order valence-electron chi connectivity index (χ1n) is 7.80. The van der Waals surface area contributed by atoms with Gasteiger partial charge >= 0.3 is 0 Å². The van der Waals surface area contributed by atoms with Gasteiger partial charge in [-0.15, -0.1) is 0 Å². The van der Waals surface area contributed by atoms with E-state index in [1.807, 2.05) is 0 Å². The number of hydrogen-bond acceptors (Lipinski definition) is 3. The maximum atomic E-state index is 3.73. The largest absolute Gasteiger partial charge is 0.310 e. The Hall–Kier alpha value is -0.120. The minimum Gasteiger partial charge on any atom is -0.310 e. The van der Waals surface area contributed by atoms with Crippen LogP contribution < -0.4 is 5.32 Å². The zero-order valence-electron chi connectivity index (χ0n) is 12.5. The molecule has 106 valence electrons. The standard InChI is InChI=1S/C15H31N3/c1-4-18-11-7-14(8-12-18)17(3)13-15(2)9-5-6-10-16-15/h14,16H,4-13H2,1-3H3. The summed E-state index contributed by atoms with van der Waals surface area (Å²) in [5.41, 5.74) is 0.356. The Morgan fingerprint density at radius 2 is 2.00 bits per heavy atom. The molecule has 3 heteroatoms. The van der Waals surface area contributed by atoms with E-state index >= 15 is 0 Å². The van der Waals surface area contributed by atoms with Gasteiger partial charge in [0.05, 0.1) is 0 Å². The molecule has 0 spiro atoms. The van der Waals surface area contributed by atoms with Crippen LogP contribution in [0.15, 0.2) is 0 Å². The van der Waals surface area contributed by atoms with E-state index in [0.717, 1.165) is 6.04 Å². The Bertz CT molecular complexity index is 240. The van der Waals surface area contributed by atoms with Crippen LogP contribution in [0.1, 0.15) is 46.0 Å². The van der Waals surface area contributed by atoms with Crippen molar-refractivity contribution in [1.82, 2.24) is 15.1 Å². The number of nitrogens with zero attached hydrogens (tertiary/aromatic N) is 2. The minimum absolute atomic E-state index is 0.356. The first kappa shape index (κ1) is 14.3. The quantitative estimate of drug-likeness (QED) is 0.826. The Balaban J connectivity index is 1.79. The molecule has 18 heavy (non-hydrogen) atoms. The summed E-state index contributed by atoms with van der Waals surface area (Å²) in [6.45, 7) is 10.9. The number of rotatable bonds is 4. The molecule has 0 bridgehead atoms. The average Bonchev–Trinajstić information content (AvgIpc) is 2.39. The molecule has 2 rings (SSSR count). The van der Waals surface area contributed by atoms with E-state index in [2.05, 4.69) is 36.0 Å². The lowest BCUT2D eigenvalue weighted by molar-refractivity contribution is 0.0974. The van der Waals surface area contributed by atoms with Gasteiger partial charge in [0.1, 0.15) is 0 Å². The van der Waals surface area contributed by atoms with E-state index in [1.165, 1.54) is 64.8 Å². The molecule has 0 aromatic rings. The highest BCUT2D eigenvalue weighted by molar-refractivity contribution is 4.91. The summed E-state index contributed by atoms with van der Waals surface area (Å²) in [5.74, 6) is 0. The maximum Gasteiger partial charge on any atom is 0.0280 e. The first-order chi connectivity index (χ1) is 8.63. The molecule has 1 atom stereocenters. The van der Waals surface area contributed by atoms with Crippen molar-refractivity contribution in [3.05, 3.63) is 0 Å². The zero-order chi connectivity index (χ0) is 13.0. The van der Waals surface area contributed by atoms with Crippen LogP contribution in [0.3, 0.4) is 0 Å². The molecule has 0 aromatic carbocycles. The lowest BCUT2D eigenvalue weighted by Crippen LogP contribution is -2.55. The third-order valence-corrected chi connectivity index (χ3v) is 4.93. The van der Waals surface area contributed by atoms with Gasteiger partial charge < -0.3 is 15.1 Å². The third-order valence-electron chi connectivity index (χ3n) is 4.93. The Morgan fingerprint density at radius 3 is 2.56 bits per heavy atom. The average molecular weight is 253 g/mol. The molecule has 3 nitrogen and oxygen atoms in total. The maximum absolute atomic E-state index is 3.73. The van der Waals surface area contributed by atoms with Crippen molar-refractivity contribution < 1.29 is 0 Å². The van der Waals surface area contributed by atoms with Crippen LogP contribution >= 0.6 is 0 Å². The second-order valence-corrected chi connectivity index (χ2v) is 6.53. The van der Waals surface area contributed by atoms with Crippen molar-refractivity contribution in [3.8, 4) is 0 Å². The van der Waals surface area contributed by atoms with Gasteiger partial charge in [-0.2, -0.15) is 0 Å². The molecule has 2 heterocycles. The molecule has 0 amide bonds. The summed E-state index contributed by atoms with van der Waals surface area (Å²) in [5, 5.41) is 3.73. The van der Waals surface area contributed by atoms with Crippen molar-refractivity contribution in [2.24, 2.45) is 0 Å². The molecule has 0 aliphatic carbocycles. The lowest BCUT2D eigenvalue weighted by atomic mass is 9.89. The molecule has 2 fully saturated rings. The molecule has 0 saturated carbocycles. The number of likely N-dealkylation sites (N-methyl/N-ethyl adjacent to an activating group) is 1. The Morgan fingerprint density at radius 1 is 1.28 bits per heavy atom. The van der Waals surface area contributed by atoms with Gasteiger partial charge in [0.25, 0.3) is 0 Å². The van der Waals surface area contributed by atoms with Gasteiger partial charge in [0.2, 0.25) is 0 Å². The van der Waals surface area contributed by atoms with E-state index in [-0.39, 0.29) is 0 Å². The Labute approximate surface area is 113 Å². The van der Waals surface area contributed by atoms with Crippen LogP contribution in [0.2, 0.25) is 0 Å². The van der Waals surface area contributed by atoms with Crippen molar-refractivity contribution in [1.29, 1.82) is 0 Å². The fourth-order valence-electron chi connectivity index (χ4n) is 3.61. The van der Waals surface area contributed by atoms with E-state index in [9.17, 15) is 0 Å². The highest BCUT2D eigenvalue weighted by Crippen LogP contribution is 2.22. The van der Waals surface area contributed by atoms with Crippen LogP contribution in [0.25, 0.3) is 0 Å². The summed E-state index contributed by atoms with van der Waals surface area (Å²) in [4.78, 5) is 5.19. The molecule has 2 saturated heterocycles. The van der Waals surface area contributed by atoms with Crippen molar-refractivity contribution in [2.75, 3.05) is 39.8 Å². The summed E-state index contributed by atoms with van der Waals surface area (Å²) in [7, 11) is 2.33. The molecule has 0 aromatic heterocycles. The van der Waals surface area contributed by atoms with Gasteiger partial charge in [-0.1, -0.05) is 13.3 Å². The van der Waals surface area contributed by atoms with Crippen molar-refractivity contribution in [3.63, 3.8) is 0 Å². The number of nitrogens with one attached hydrogen (secondary N) is 1. The highest BCUT2D eigenvalue weighted by atomic mass is 15.2. The lowest BCUT2D eigenvalue weighted by Gasteiger charge is -2.43. The molecule has 0 radical (unpaired) electrons. The smallest absolute Gasteiger partial charge is 0.0280 e. The van der Waals surface area contributed by atoms with Gasteiger partial charge in [0, 0.05) is 18.1 Å². The minimum atomic E-state index is 0.356. The van der Waals surface area contributed by atoms with Gasteiger partial charge in [-0.25, -0.2) is 0 Å². The van der Waals surface area contributed by atoms with Gasteiger partial charge in [0.15, 0.2) is 0 Å². The fraction of sp³-hybridized carbons (Fsp3) is 1.00. The summed E-state index contributed by atoms with van der Waals surface area (Å²) in [6.07, 6.45) is 6.78. The van der Waals surface area contributed by atoms with Gasteiger partial charge in [-0.05, 0) is 65.8 Å². The van der Waals surface area contributed by atoms with Crippen LogP contribution in [0, 0.1) is 0 Å².